The van der Waals surface area contributed by atoms with Gasteiger partial charge in [0.2, 0.25) is 0 Å². The molecule has 5 aromatic rings. The number of likely N-dealkylation sites (tertiary alicyclic amines) is 1. The number of furan rings is 1. The van der Waals surface area contributed by atoms with Gasteiger partial charge in [-0.3, -0.25) is 4.90 Å². The van der Waals surface area contributed by atoms with Crippen molar-refractivity contribution in [2.75, 3.05) is 19.7 Å². The molecule has 3 aromatic carbocycles. The van der Waals surface area contributed by atoms with Crippen molar-refractivity contribution in [3.8, 4) is 5.75 Å². The van der Waals surface area contributed by atoms with Gasteiger partial charge in [-0.05, 0) is 80.2 Å². The molecular weight excluding hydrogens is 608 g/mol. The normalized spacial score (nSPS) is 17.8. The van der Waals surface area contributed by atoms with Gasteiger partial charge in [0.15, 0.2) is 16.8 Å². The van der Waals surface area contributed by atoms with E-state index in [1.165, 1.54) is 6.07 Å². The number of benzene rings is 3. The molecule has 2 aliphatic rings. The number of ether oxygens (including phenoxy) is 2. The Balaban J connectivity index is 1.07. The fourth-order valence-electron chi connectivity index (χ4n) is 6.24. The van der Waals surface area contributed by atoms with Crippen molar-refractivity contribution in [2.24, 2.45) is 0 Å². The summed E-state index contributed by atoms with van der Waals surface area (Å²) in [5.74, 6) is -0.0988. The molecule has 2 aromatic heterocycles. The van der Waals surface area contributed by atoms with Gasteiger partial charge in [-0.2, -0.15) is 0 Å². The van der Waals surface area contributed by atoms with Gasteiger partial charge in [-0.25, -0.2) is 14.2 Å². The van der Waals surface area contributed by atoms with Crippen LogP contribution in [0.5, 0.6) is 5.75 Å². The molecule has 11 heteroatoms. The number of piperidine rings is 1. The predicted octanol–water partition coefficient (Wildman–Crippen LogP) is 7.67. The minimum absolute atomic E-state index is 0.102. The van der Waals surface area contributed by atoms with Gasteiger partial charge in [-0.15, -0.1) is 0 Å². The summed E-state index contributed by atoms with van der Waals surface area (Å²) in [6.45, 7) is 3.71. The number of carboxylic acid groups (broad SMARTS) is 1. The molecule has 0 radical (unpaired) electrons. The lowest BCUT2D eigenvalue weighted by Crippen LogP contribution is -2.35. The van der Waals surface area contributed by atoms with Gasteiger partial charge in [0.05, 0.1) is 40.8 Å². The summed E-state index contributed by atoms with van der Waals surface area (Å²) < 4.78 is 34.7. The van der Waals surface area contributed by atoms with E-state index in [1.807, 2.05) is 6.07 Å². The summed E-state index contributed by atoms with van der Waals surface area (Å²) in [5.41, 5.74) is 3.93. The van der Waals surface area contributed by atoms with Crippen molar-refractivity contribution in [3.05, 3.63) is 93.2 Å². The van der Waals surface area contributed by atoms with Crippen molar-refractivity contribution < 1.29 is 28.2 Å². The van der Waals surface area contributed by atoms with Crippen molar-refractivity contribution in [2.45, 2.75) is 51.0 Å². The summed E-state index contributed by atoms with van der Waals surface area (Å²) in [7, 11) is 0. The Morgan fingerprint density at radius 2 is 1.91 bits per heavy atom. The van der Waals surface area contributed by atoms with E-state index in [1.54, 1.807) is 42.5 Å². The molecule has 0 aliphatic carbocycles. The summed E-state index contributed by atoms with van der Waals surface area (Å²) >= 11 is 12.4. The van der Waals surface area contributed by atoms with E-state index in [-0.39, 0.29) is 35.2 Å². The third kappa shape index (κ3) is 5.65. The number of imidazole rings is 1. The van der Waals surface area contributed by atoms with Gasteiger partial charge in [0.1, 0.15) is 18.0 Å². The van der Waals surface area contributed by atoms with E-state index in [0.717, 1.165) is 66.9 Å². The number of rotatable bonds is 9. The minimum atomic E-state index is -0.962. The molecule has 0 spiro atoms. The SMILES string of the molecule is O=C(O)c1ccc2nc(CN3CCC(c4cccc(F)c4OCc4ccc(Cl)c5cc(Cl)oc45)CC3)n(C[C@@H]3CCO3)c2c1. The molecule has 2 saturated heterocycles. The number of aromatic nitrogens is 2. The largest absolute Gasteiger partial charge is 0.485 e. The third-order valence-corrected chi connectivity index (χ3v) is 9.21. The Labute approximate surface area is 262 Å². The number of hydrogen-bond donors (Lipinski definition) is 1. The second-order valence-corrected chi connectivity index (χ2v) is 12.2. The molecule has 2 fully saturated rings. The average molecular weight is 639 g/mol. The van der Waals surface area contributed by atoms with Crippen molar-refractivity contribution in [1.82, 2.24) is 14.5 Å². The lowest BCUT2D eigenvalue weighted by molar-refractivity contribution is -0.0592. The van der Waals surface area contributed by atoms with Crippen LogP contribution in [-0.2, 0) is 24.4 Å². The Bertz CT molecular complexity index is 1860. The Morgan fingerprint density at radius 1 is 1.09 bits per heavy atom. The van der Waals surface area contributed by atoms with E-state index < -0.39 is 11.8 Å². The second-order valence-electron chi connectivity index (χ2n) is 11.4. The molecule has 0 unspecified atom stereocenters. The standard InChI is InChI=1S/C33H30Cl2FN3O5/c34-25-6-4-21(31-24(25)15-29(35)44-31)18-43-32-23(2-1-3-26(32)36)19-8-11-38(12-9-19)17-30-37-27-7-5-20(33(40)41)14-28(27)39(30)16-22-10-13-42-22/h1-7,14-15,19,22H,8-13,16-18H2,(H,40,41)/t22-/m0/s1. The Morgan fingerprint density at radius 3 is 2.66 bits per heavy atom. The molecule has 2 aliphatic heterocycles. The molecule has 1 N–H and O–H groups in total. The summed E-state index contributed by atoms with van der Waals surface area (Å²) in [5, 5.41) is 11.0. The lowest BCUT2D eigenvalue weighted by atomic mass is 9.88. The third-order valence-electron chi connectivity index (χ3n) is 8.70. The molecule has 44 heavy (non-hydrogen) atoms. The van der Waals surface area contributed by atoms with Gasteiger partial charge in [-0.1, -0.05) is 29.8 Å². The molecule has 1 atom stereocenters. The predicted molar refractivity (Wildman–Crippen MR) is 165 cm³/mol. The summed E-state index contributed by atoms with van der Waals surface area (Å²) in [6, 6.07) is 15.4. The monoisotopic (exact) mass is 637 g/mol. The van der Waals surface area contributed by atoms with Crippen molar-refractivity contribution >= 4 is 51.2 Å². The van der Waals surface area contributed by atoms with Crippen LogP contribution in [0.3, 0.4) is 0 Å². The number of fused-ring (bicyclic) bond motifs is 2. The smallest absolute Gasteiger partial charge is 0.335 e. The number of halogens is 3. The molecule has 4 heterocycles. The molecule has 0 bridgehead atoms. The molecule has 0 saturated carbocycles. The zero-order valence-corrected chi connectivity index (χ0v) is 25.3. The quantitative estimate of drug-likeness (QED) is 0.177. The highest BCUT2D eigenvalue weighted by atomic mass is 35.5. The van der Waals surface area contributed by atoms with Crippen molar-refractivity contribution in [3.63, 3.8) is 0 Å². The molecule has 7 rings (SSSR count). The number of nitrogens with zero attached hydrogens (tertiary/aromatic N) is 3. The van der Waals surface area contributed by atoms with E-state index >= 15 is 4.39 Å². The van der Waals surface area contributed by atoms with Gasteiger partial charge < -0.3 is 23.6 Å². The first-order valence-corrected chi connectivity index (χ1v) is 15.4. The highest BCUT2D eigenvalue weighted by molar-refractivity contribution is 6.36. The van der Waals surface area contributed by atoms with Crippen LogP contribution in [0.2, 0.25) is 10.2 Å². The first-order chi connectivity index (χ1) is 21.3. The van der Waals surface area contributed by atoms with E-state index in [9.17, 15) is 9.90 Å². The molecule has 8 nitrogen and oxygen atoms in total. The minimum Gasteiger partial charge on any atom is -0.485 e. The van der Waals surface area contributed by atoms with Crippen LogP contribution in [0.25, 0.3) is 22.0 Å². The van der Waals surface area contributed by atoms with Crippen molar-refractivity contribution in [1.29, 1.82) is 0 Å². The maximum atomic E-state index is 15.2. The van der Waals surface area contributed by atoms with E-state index in [0.29, 0.717) is 29.1 Å². The summed E-state index contributed by atoms with van der Waals surface area (Å²) in [6.07, 6.45) is 2.73. The number of para-hydroxylation sites is 1. The number of carboxylic acids is 1. The highest BCUT2D eigenvalue weighted by Gasteiger charge is 2.28. The Hall–Kier alpha value is -3.63. The maximum absolute atomic E-state index is 15.2. The zero-order chi connectivity index (χ0) is 30.4. The van der Waals surface area contributed by atoms with Crippen LogP contribution < -0.4 is 4.74 Å². The fourth-order valence-corrected chi connectivity index (χ4v) is 6.63. The zero-order valence-electron chi connectivity index (χ0n) is 23.8. The van der Waals surface area contributed by atoms with Gasteiger partial charge in [0, 0.05) is 29.2 Å². The first-order valence-electron chi connectivity index (χ1n) is 14.7. The topological polar surface area (TPSA) is 90.0 Å². The van der Waals surface area contributed by atoms with Crippen LogP contribution in [0, 0.1) is 5.82 Å². The fraction of sp³-hybridized carbons (Fsp3) is 0.333. The number of aromatic carboxylic acids is 1. The number of hydrogen-bond acceptors (Lipinski definition) is 6. The summed E-state index contributed by atoms with van der Waals surface area (Å²) in [4.78, 5) is 18.9. The average Bonchev–Trinajstić information content (AvgIpc) is 3.55. The van der Waals surface area contributed by atoms with Gasteiger partial charge >= 0.3 is 5.97 Å². The van der Waals surface area contributed by atoms with E-state index in [2.05, 4.69) is 9.47 Å². The highest BCUT2D eigenvalue weighted by Crippen LogP contribution is 2.38. The molecule has 228 valence electrons. The van der Waals surface area contributed by atoms with Crippen LogP contribution in [0.1, 0.15) is 52.5 Å². The van der Waals surface area contributed by atoms with Gasteiger partial charge in [0.25, 0.3) is 0 Å². The number of carbonyl (C=O) groups is 1. The van der Waals surface area contributed by atoms with E-state index in [4.69, 9.17) is 42.1 Å². The molecular formula is C33H30Cl2FN3O5. The first kappa shape index (κ1) is 29.1. The van der Waals surface area contributed by atoms with Crippen LogP contribution in [0.15, 0.2) is 59.0 Å². The molecule has 0 amide bonds. The van der Waals surface area contributed by atoms with Crippen LogP contribution >= 0.6 is 23.2 Å². The lowest BCUT2D eigenvalue weighted by Gasteiger charge is -2.33. The van der Waals surface area contributed by atoms with Crippen LogP contribution in [-0.4, -0.2) is 51.3 Å². The van der Waals surface area contributed by atoms with Crippen LogP contribution in [0.4, 0.5) is 4.39 Å². The Kier molecular flexibility index (Phi) is 7.97. The second kappa shape index (κ2) is 12.0. The maximum Gasteiger partial charge on any atom is 0.335 e.